The van der Waals surface area contributed by atoms with Crippen LogP contribution in [0.1, 0.15) is 51.4 Å². The highest BCUT2D eigenvalue weighted by atomic mass is 16.5. The topological polar surface area (TPSA) is 38.5 Å². The van der Waals surface area contributed by atoms with E-state index in [-0.39, 0.29) is 0 Å². The Hall–Kier alpha value is -0.120. The molecule has 2 aliphatic rings. The molecule has 0 aromatic rings. The normalized spacial score (nSPS) is 36.0. The monoisotopic (exact) mass is 254 g/mol. The number of ether oxygens (including phenoxy) is 1. The van der Waals surface area contributed by atoms with Crippen LogP contribution < -0.4 is 5.73 Å². The molecular weight excluding hydrogens is 224 g/mol. The lowest BCUT2D eigenvalue weighted by Crippen LogP contribution is -2.52. The van der Waals surface area contributed by atoms with Crippen molar-refractivity contribution in [2.24, 2.45) is 11.7 Å². The summed E-state index contributed by atoms with van der Waals surface area (Å²) in [7, 11) is 1.82. The molecule has 0 radical (unpaired) electrons. The fraction of sp³-hybridized carbons (Fsp3) is 1.00. The molecule has 2 N–H and O–H groups in total. The number of hydrogen-bond acceptors (Lipinski definition) is 3. The van der Waals surface area contributed by atoms with Gasteiger partial charge in [-0.15, -0.1) is 0 Å². The van der Waals surface area contributed by atoms with Crippen LogP contribution in [0.5, 0.6) is 0 Å². The summed E-state index contributed by atoms with van der Waals surface area (Å²) in [6, 6.07) is 1.02. The predicted octanol–water partition coefficient (Wildman–Crippen LogP) is 2.39. The molecule has 18 heavy (non-hydrogen) atoms. The van der Waals surface area contributed by atoms with Gasteiger partial charge in [0.2, 0.25) is 0 Å². The van der Waals surface area contributed by atoms with E-state index >= 15 is 0 Å². The number of hydrogen-bond donors (Lipinski definition) is 1. The molecule has 0 spiro atoms. The van der Waals surface area contributed by atoms with Gasteiger partial charge in [-0.25, -0.2) is 0 Å². The lowest BCUT2D eigenvalue weighted by atomic mass is 9.89. The van der Waals surface area contributed by atoms with Gasteiger partial charge in [-0.05, 0) is 38.1 Å². The molecule has 0 aromatic heterocycles. The van der Waals surface area contributed by atoms with E-state index in [9.17, 15) is 0 Å². The molecule has 106 valence electrons. The number of nitrogens with zero attached hydrogens (tertiary/aromatic N) is 1. The summed E-state index contributed by atoms with van der Waals surface area (Å²) >= 11 is 0. The summed E-state index contributed by atoms with van der Waals surface area (Å²) in [4.78, 5) is 2.67. The highest BCUT2D eigenvalue weighted by Gasteiger charge is 2.29. The van der Waals surface area contributed by atoms with Crippen molar-refractivity contribution < 1.29 is 4.74 Å². The average molecular weight is 254 g/mol. The summed E-state index contributed by atoms with van der Waals surface area (Å²) in [5, 5.41) is 0. The summed E-state index contributed by atoms with van der Waals surface area (Å²) in [5.41, 5.74) is 6.43. The Labute approximate surface area is 112 Å². The van der Waals surface area contributed by atoms with Crippen LogP contribution in [0.3, 0.4) is 0 Å². The van der Waals surface area contributed by atoms with E-state index in [1.54, 1.807) is 0 Å². The van der Waals surface area contributed by atoms with Crippen LogP contribution in [0, 0.1) is 5.92 Å². The van der Waals surface area contributed by atoms with E-state index in [0.717, 1.165) is 12.5 Å². The van der Waals surface area contributed by atoms with Crippen LogP contribution in [0.15, 0.2) is 0 Å². The SMILES string of the molecule is COCC1CCCN(C2CCCCCCC2N)C1. The van der Waals surface area contributed by atoms with Crippen LogP contribution in [0.2, 0.25) is 0 Å². The third-order valence-corrected chi connectivity index (χ3v) is 4.70. The number of nitrogens with two attached hydrogens (primary N) is 1. The maximum Gasteiger partial charge on any atom is 0.0502 e. The zero-order valence-electron chi connectivity index (χ0n) is 11.9. The Morgan fingerprint density at radius 1 is 1.06 bits per heavy atom. The lowest BCUT2D eigenvalue weighted by Gasteiger charge is -2.41. The first-order valence-electron chi connectivity index (χ1n) is 7.80. The minimum Gasteiger partial charge on any atom is -0.384 e. The summed E-state index contributed by atoms with van der Waals surface area (Å²) in [5.74, 6) is 0.724. The van der Waals surface area contributed by atoms with Crippen molar-refractivity contribution in [1.82, 2.24) is 4.90 Å². The third-order valence-electron chi connectivity index (χ3n) is 4.70. The molecule has 3 atom stereocenters. The van der Waals surface area contributed by atoms with Gasteiger partial charge in [-0.2, -0.15) is 0 Å². The standard InChI is InChI=1S/C15H30N2O/c1-18-12-13-7-6-10-17(11-13)15-9-5-3-2-4-8-14(15)16/h13-15H,2-12,16H2,1H3. The average Bonchev–Trinajstić information content (AvgIpc) is 2.35. The van der Waals surface area contributed by atoms with E-state index in [2.05, 4.69) is 4.90 Å². The van der Waals surface area contributed by atoms with Crippen molar-refractivity contribution in [2.75, 3.05) is 26.8 Å². The maximum atomic E-state index is 6.43. The van der Waals surface area contributed by atoms with Crippen LogP contribution in [0.25, 0.3) is 0 Å². The van der Waals surface area contributed by atoms with Crippen LogP contribution in [-0.2, 0) is 4.74 Å². The Kier molecular flexibility index (Phi) is 5.93. The molecule has 1 heterocycles. The zero-order valence-corrected chi connectivity index (χ0v) is 11.9. The Bertz CT molecular complexity index is 233. The van der Waals surface area contributed by atoms with Gasteiger partial charge in [-0.3, -0.25) is 4.90 Å². The number of methoxy groups -OCH3 is 1. The Balaban J connectivity index is 1.90. The summed E-state index contributed by atoms with van der Waals surface area (Å²) in [6.07, 6.45) is 10.6. The molecule has 3 nitrogen and oxygen atoms in total. The third kappa shape index (κ3) is 3.94. The fourth-order valence-corrected chi connectivity index (χ4v) is 3.72. The van der Waals surface area contributed by atoms with Crippen molar-refractivity contribution in [1.29, 1.82) is 0 Å². The minimum atomic E-state index is 0.395. The molecule has 1 aliphatic carbocycles. The van der Waals surface area contributed by atoms with Crippen molar-refractivity contribution >= 4 is 0 Å². The van der Waals surface area contributed by atoms with Gasteiger partial charge < -0.3 is 10.5 Å². The van der Waals surface area contributed by atoms with E-state index in [1.807, 2.05) is 7.11 Å². The van der Waals surface area contributed by atoms with E-state index in [4.69, 9.17) is 10.5 Å². The molecule has 0 amide bonds. The summed E-state index contributed by atoms with van der Waals surface area (Å²) < 4.78 is 5.33. The molecule has 3 heteroatoms. The fourth-order valence-electron chi connectivity index (χ4n) is 3.72. The molecule has 3 unspecified atom stereocenters. The van der Waals surface area contributed by atoms with Gasteiger partial charge in [0.15, 0.2) is 0 Å². The Morgan fingerprint density at radius 2 is 1.83 bits per heavy atom. The first kappa shape index (κ1) is 14.3. The largest absolute Gasteiger partial charge is 0.384 e. The van der Waals surface area contributed by atoms with E-state index in [1.165, 1.54) is 64.5 Å². The summed E-state index contributed by atoms with van der Waals surface area (Å²) in [6.45, 7) is 3.36. The zero-order chi connectivity index (χ0) is 12.8. The highest BCUT2D eigenvalue weighted by Crippen LogP contribution is 2.25. The molecule has 2 fully saturated rings. The van der Waals surface area contributed by atoms with Crippen molar-refractivity contribution in [3.05, 3.63) is 0 Å². The van der Waals surface area contributed by atoms with Crippen LogP contribution in [-0.4, -0.2) is 43.8 Å². The Morgan fingerprint density at radius 3 is 2.61 bits per heavy atom. The van der Waals surface area contributed by atoms with Gasteiger partial charge >= 0.3 is 0 Å². The van der Waals surface area contributed by atoms with Crippen LogP contribution in [0.4, 0.5) is 0 Å². The quantitative estimate of drug-likeness (QED) is 0.840. The molecule has 0 bridgehead atoms. The van der Waals surface area contributed by atoms with E-state index < -0.39 is 0 Å². The lowest BCUT2D eigenvalue weighted by molar-refractivity contribution is 0.0542. The number of likely N-dealkylation sites (tertiary alicyclic amines) is 1. The van der Waals surface area contributed by atoms with Crippen molar-refractivity contribution in [2.45, 2.75) is 63.5 Å². The van der Waals surface area contributed by atoms with Crippen molar-refractivity contribution in [3.8, 4) is 0 Å². The van der Waals surface area contributed by atoms with Crippen molar-refractivity contribution in [3.63, 3.8) is 0 Å². The molecule has 1 aliphatic heterocycles. The molecule has 2 rings (SSSR count). The molecule has 0 aromatic carbocycles. The van der Waals surface area contributed by atoms with E-state index in [0.29, 0.717) is 12.1 Å². The number of piperidine rings is 1. The molecule has 1 saturated carbocycles. The predicted molar refractivity (Wildman–Crippen MR) is 75.6 cm³/mol. The maximum absolute atomic E-state index is 6.43. The van der Waals surface area contributed by atoms with Gasteiger partial charge in [-0.1, -0.05) is 25.7 Å². The van der Waals surface area contributed by atoms with Gasteiger partial charge in [0, 0.05) is 25.7 Å². The number of rotatable bonds is 3. The van der Waals surface area contributed by atoms with Gasteiger partial charge in [0.1, 0.15) is 0 Å². The molecule has 1 saturated heterocycles. The van der Waals surface area contributed by atoms with Crippen LogP contribution >= 0.6 is 0 Å². The first-order valence-corrected chi connectivity index (χ1v) is 7.80. The smallest absolute Gasteiger partial charge is 0.0502 e. The first-order chi connectivity index (χ1) is 8.81. The second-order valence-electron chi connectivity index (χ2n) is 6.18. The minimum absolute atomic E-state index is 0.395. The second kappa shape index (κ2) is 7.46. The second-order valence-corrected chi connectivity index (χ2v) is 6.18. The van der Waals surface area contributed by atoms with Gasteiger partial charge in [0.05, 0.1) is 6.61 Å². The highest BCUT2D eigenvalue weighted by molar-refractivity contribution is 4.87. The van der Waals surface area contributed by atoms with Gasteiger partial charge in [0.25, 0.3) is 0 Å². The molecular formula is C15H30N2O.